The Kier molecular flexibility index (Phi) is 9.92. The van der Waals surface area contributed by atoms with Crippen LogP contribution in [-0.4, -0.2) is 43.2 Å². The second kappa shape index (κ2) is 12.4. The summed E-state index contributed by atoms with van der Waals surface area (Å²) in [5.41, 5.74) is 2.62. The van der Waals surface area contributed by atoms with E-state index in [0.717, 1.165) is 11.3 Å². The number of carbonyl (C=O) groups is 2. The highest BCUT2D eigenvalue weighted by Gasteiger charge is 2.14. The summed E-state index contributed by atoms with van der Waals surface area (Å²) in [7, 11) is 0. The van der Waals surface area contributed by atoms with Gasteiger partial charge in [0.25, 0.3) is 5.69 Å². The standard InChI is InChI=1S/C21H22Br2N4O6/c1-13-10-16(26(6-8-32-14(2)28)7-9-33-15(3)29)4-5-20(13)24-25-21-18(22)11-17(27(30)31)12-19(21)23/h4-5,10-12H,6-9H2,1-3H3. The van der Waals surface area contributed by atoms with E-state index < -0.39 is 4.92 Å². The number of nitro groups is 1. The number of hydrogen-bond acceptors (Lipinski definition) is 9. The van der Waals surface area contributed by atoms with Gasteiger partial charge in [0, 0.05) is 31.7 Å². The van der Waals surface area contributed by atoms with E-state index in [0.29, 0.717) is 33.4 Å². The molecular weight excluding hydrogens is 564 g/mol. The lowest BCUT2D eigenvalue weighted by Gasteiger charge is -2.25. The van der Waals surface area contributed by atoms with E-state index in [4.69, 9.17) is 9.47 Å². The van der Waals surface area contributed by atoms with Crippen LogP contribution in [0.2, 0.25) is 0 Å². The topological polar surface area (TPSA) is 124 Å². The third-order valence-electron chi connectivity index (χ3n) is 4.35. The number of rotatable bonds is 10. The maximum Gasteiger partial charge on any atom is 0.302 e. The first-order valence-corrected chi connectivity index (χ1v) is 11.3. The van der Waals surface area contributed by atoms with Crippen molar-refractivity contribution in [1.82, 2.24) is 0 Å². The van der Waals surface area contributed by atoms with E-state index in [9.17, 15) is 19.7 Å². The van der Waals surface area contributed by atoms with E-state index in [-0.39, 0.29) is 30.8 Å². The molecule has 0 fully saturated rings. The fraction of sp³-hybridized carbons (Fsp3) is 0.333. The Morgan fingerprint density at radius 3 is 2.00 bits per heavy atom. The van der Waals surface area contributed by atoms with Crippen molar-refractivity contribution < 1.29 is 24.0 Å². The van der Waals surface area contributed by atoms with Crippen LogP contribution in [0.5, 0.6) is 0 Å². The molecule has 0 amide bonds. The van der Waals surface area contributed by atoms with Crippen molar-refractivity contribution >= 4 is 66.5 Å². The van der Waals surface area contributed by atoms with Crippen LogP contribution in [0.1, 0.15) is 19.4 Å². The number of hydrogen-bond donors (Lipinski definition) is 0. The van der Waals surface area contributed by atoms with E-state index in [2.05, 4.69) is 42.1 Å². The van der Waals surface area contributed by atoms with Crippen molar-refractivity contribution in [1.29, 1.82) is 0 Å². The van der Waals surface area contributed by atoms with Gasteiger partial charge in [0.2, 0.25) is 0 Å². The van der Waals surface area contributed by atoms with Gasteiger partial charge in [0.15, 0.2) is 0 Å². The molecule has 0 radical (unpaired) electrons. The molecule has 0 aliphatic carbocycles. The van der Waals surface area contributed by atoms with Crippen molar-refractivity contribution in [3.8, 4) is 0 Å². The molecule has 2 rings (SSSR count). The van der Waals surface area contributed by atoms with Crippen LogP contribution in [0.15, 0.2) is 49.5 Å². The van der Waals surface area contributed by atoms with Crippen LogP contribution >= 0.6 is 31.9 Å². The zero-order valence-electron chi connectivity index (χ0n) is 18.2. The second-order valence-electron chi connectivity index (χ2n) is 6.85. The fourth-order valence-electron chi connectivity index (χ4n) is 2.77. The Balaban J connectivity index is 2.22. The van der Waals surface area contributed by atoms with E-state index >= 15 is 0 Å². The van der Waals surface area contributed by atoms with E-state index in [1.165, 1.54) is 26.0 Å². The molecule has 0 atom stereocenters. The zero-order valence-corrected chi connectivity index (χ0v) is 21.4. The van der Waals surface area contributed by atoms with Crippen molar-refractivity contribution in [3.63, 3.8) is 0 Å². The quantitative estimate of drug-likeness (QED) is 0.150. The number of carbonyl (C=O) groups excluding carboxylic acids is 2. The maximum absolute atomic E-state index is 11.1. The predicted octanol–water partition coefficient (Wildman–Crippen LogP) is 5.78. The Bertz CT molecular complexity index is 1030. The molecule has 12 heteroatoms. The third kappa shape index (κ3) is 8.21. The van der Waals surface area contributed by atoms with Crippen molar-refractivity contribution in [2.24, 2.45) is 10.2 Å². The molecular formula is C21H22Br2N4O6. The number of halogens is 2. The van der Waals surface area contributed by atoms with Gasteiger partial charge >= 0.3 is 11.9 Å². The molecule has 0 heterocycles. The highest BCUT2D eigenvalue weighted by molar-refractivity contribution is 9.11. The van der Waals surface area contributed by atoms with Gasteiger partial charge in [-0.1, -0.05) is 0 Å². The molecule has 33 heavy (non-hydrogen) atoms. The van der Waals surface area contributed by atoms with Gasteiger partial charge in [0.1, 0.15) is 18.9 Å². The largest absolute Gasteiger partial charge is 0.464 e. The molecule has 0 spiro atoms. The van der Waals surface area contributed by atoms with Gasteiger partial charge in [-0.2, -0.15) is 5.11 Å². The molecule has 0 aliphatic heterocycles. The third-order valence-corrected chi connectivity index (χ3v) is 5.56. The Labute approximate surface area is 207 Å². The number of azo groups is 1. The Hall–Kier alpha value is -2.86. The molecule has 0 aromatic heterocycles. The normalized spacial score (nSPS) is 10.8. The minimum absolute atomic E-state index is 0.0733. The van der Waals surface area contributed by atoms with E-state index in [1.807, 2.05) is 24.0 Å². The van der Waals surface area contributed by atoms with Crippen LogP contribution in [0.4, 0.5) is 22.7 Å². The molecule has 0 bridgehead atoms. The average Bonchev–Trinajstić information content (AvgIpc) is 2.72. The van der Waals surface area contributed by atoms with Gasteiger partial charge in [0.05, 0.1) is 32.6 Å². The smallest absolute Gasteiger partial charge is 0.302 e. The molecule has 10 nitrogen and oxygen atoms in total. The summed E-state index contributed by atoms with van der Waals surface area (Å²) < 4.78 is 10.9. The van der Waals surface area contributed by atoms with Crippen LogP contribution in [-0.2, 0) is 19.1 Å². The number of ether oxygens (including phenoxy) is 2. The summed E-state index contributed by atoms with van der Waals surface area (Å²) >= 11 is 6.58. The van der Waals surface area contributed by atoms with Crippen molar-refractivity contribution in [2.75, 3.05) is 31.2 Å². The molecule has 2 aromatic rings. The molecule has 0 aliphatic rings. The lowest BCUT2D eigenvalue weighted by molar-refractivity contribution is -0.385. The number of anilines is 1. The highest BCUT2D eigenvalue weighted by atomic mass is 79.9. The second-order valence-corrected chi connectivity index (χ2v) is 8.56. The SMILES string of the molecule is CC(=O)OCCN(CCOC(C)=O)c1ccc(N=Nc2c(Br)cc([N+](=O)[O-])cc2Br)c(C)c1. The van der Waals surface area contributed by atoms with Crippen molar-refractivity contribution in [3.05, 3.63) is 55.0 Å². The van der Waals surface area contributed by atoms with Crippen molar-refractivity contribution in [2.45, 2.75) is 20.8 Å². The van der Waals surface area contributed by atoms with Crippen LogP contribution < -0.4 is 4.90 Å². The fourth-order valence-corrected chi connectivity index (χ4v) is 4.10. The minimum Gasteiger partial charge on any atom is -0.464 e. The Morgan fingerprint density at radius 1 is 1.00 bits per heavy atom. The van der Waals surface area contributed by atoms with Gasteiger partial charge in [-0.15, -0.1) is 5.11 Å². The molecule has 176 valence electrons. The first-order chi connectivity index (χ1) is 15.6. The number of non-ortho nitro benzene ring substituents is 1. The summed E-state index contributed by atoms with van der Waals surface area (Å²) in [5, 5.41) is 19.5. The summed E-state index contributed by atoms with van der Waals surface area (Å²) in [6, 6.07) is 8.24. The number of nitrogens with zero attached hydrogens (tertiary/aromatic N) is 4. The van der Waals surface area contributed by atoms with Gasteiger partial charge in [-0.3, -0.25) is 19.7 Å². The monoisotopic (exact) mass is 584 g/mol. The molecule has 0 unspecified atom stereocenters. The van der Waals surface area contributed by atoms with Gasteiger partial charge < -0.3 is 14.4 Å². The van der Waals surface area contributed by atoms with Crippen LogP contribution in [0.3, 0.4) is 0 Å². The maximum atomic E-state index is 11.1. The highest BCUT2D eigenvalue weighted by Crippen LogP contribution is 2.38. The minimum atomic E-state index is -0.492. The lowest BCUT2D eigenvalue weighted by atomic mass is 10.1. The van der Waals surface area contributed by atoms with Crippen LogP contribution in [0.25, 0.3) is 0 Å². The van der Waals surface area contributed by atoms with Gasteiger partial charge in [-0.25, -0.2) is 0 Å². The van der Waals surface area contributed by atoms with Gasteiger partial charge in [-0.05, 0) is 62.5 Å². The average molecular weight is 586 g/mol. The van der Waals surface area contributed by atoms with Crippen LogP contribution in [0, 0.1) is 17.0 Å². The first-order valence-electron chi connectivity index (χ1n) is 9.76. The number of benzene rings is 2. The summed E-state index contributed by atoms with van der Waals surface area (Å²) in [5.74, 6) is -0.740. The van der Waals surface area contributed by atoms with E-state index in [1.54, 1.807) is 6.07 Å². The summed E-state index contributed by atoms with van der Waals surface area (Å²) in [6.45, 7) is 5.78. The predicted molar refractivity (Wildman–Crippen MR) is 129 cm³/mol. The summed E-state index contributed by atoms with van der Waals surface area (Å²) in [6.07, 6.45) is 0. The molecule has 2 aromatic carbocycles. The lowest BCUT2D eigenvalue weighted by Crippen LogP contribution is -2.31. The number of esters is 2. The number of aryl methyl sites for hydroxylation is 1. The summed E-state index contributed by atoms with van der Waals surface area (Å²) in [4.78, 5) is 34.6. The molecule has 0 saturated carbocycles. The molecule has 0 N–H and O–H groups in total. The number of nitro benzene ring substituents is 1. The zero-order chi connectivity index (χ0) is 24.5. The molecule has 0 saturated heterocycles. The Morgan fingerprint density at radius 2 is 1.55 bits per heavy atom. The first kappa shape index (κ1) is 26.4.